The van der Waals surface area contributed by atoms with Gasteiger partial charge in [-0.15, -0.1) is 0 Å². The lowest BCUT2D eigenvalue weighted by Crippen LogP contribution is -2.39. The minimum Gasteiger partial charge on any atom is -0.848 e. The van der Waals surface area contributed by atoms with Crippen LogP contribution < -0.4 is 5.11 Å². The van der Waals surface area contributed by atoms with E-state index >= 15 is 0 Å². The summed E-state index contributed by atoms with van der Waals surface area (Å²) in [6.07, 6.45) is -3.96. The van der Waals surface area contributed by atoms with Crippen LogP contribution in [0.3, 0.4) is 0 Å². The van der Waals surface area contributed by atoms with Gasteiger partial charge in [0, 0.05) is 37.3 Å². The fourth-order valence-electron chi connectivity index (χ4n) is 5.72. The summed E-state index contributed by atoms with van der Waals surface area (Å²) in [6.45, 7) is 4.66. The monoisotopic (exact) mass is 462 g/mol. The highest BCUT2D eigenvalue weighted by Gasteiger charge is 2.51. The highest BCUT2D eigenvalue weighted by Crippen LogP contribution is 2.56. The summed E-state index contributed by atoms with van der Waals surface area (Å²) in [5, 5.41) is 23.7. The van der Waals surface area contributed by atoms with Crippen molar-refractivity contribution in [2.24, 2.45) is 5.41 Å². The van der Waals surface area contributed by atoms with Crippen molar-refractivity contribution >= 4 is 0 Å². The molecule has 2 aliphatic heterocycles. The van der Waals surface area contributed by atoms with E-state index in [1.54, 1.807) is 0 Å². The molecule has 1 spiro atoms. The average Bonchev–Trinajstić information content (AvgIpc) is 3.06. The molecule has 1 aromatic heterocycles. The van der Waals surface area contributed by atoms with Crippen LogP contribution in [-0.4, -0.2) is 23.3 Å². The number of alkyl halides is 3. The lowest BCUT2D eigenvalue weighted by Gasteiger charge is -2.44. The number of ether oxygens (including phenoxy) is 2. The summed E-state index contributed by atoms with van der Waals surface area (Å²) in [4.78, 5) is 4.72. The van der Waals surface area contributed by atoms with Gasteiger partial charge in [-0.1, -0.05) is 38.5 Å². The van der Waals surface area contributed by atoms with E-state index in [0.717, 1.165) is 17.7 Å². The molecular formula is C25H27F3NO4-. The lowest BCUT2D eigenvalue weighted by molar-refractivity contribution is -0.434. The Labute approximate surface area is 190 Å². The molecule has 2 aromatic rings. The molecule has 2 atom stereocenters. The molecular weight excluding hydrogens is 435 g/mol. The number of halogens is 3. The van der Waals surface area contributed by atoms with Gasteiger partial charge in [0.25, 0.3) is 0 Å². The molecule has 33 heavy (non-hydrogen) atoms. The standard InChI is InChI=1S/C25H27F3NO4/c1-23(2)11-16-19(18(31)12-23)21-20(17(13-30)29-16)22(33-24(21)7-9-32-10-8-24)14-3-5-15(6-4-14)25(26,27)28/h3-6,18,22,30H,7-13H2,1-2H3/q-1/t18?,22-/m1/s1. The molecule has 0 bridgehead atoms. The predicted octanol–water partition coefficient (Wildman–Crippen LogP) is 4.09. The van der Waals surface area contributed by atoms with Gasteiger partial charge in [-0.05, 0) is 40.7 Å². The van der Waals surface area contributed by atoms with Crippen LogP contribution in [0.4, 0.5) is 13.2 Å². The number of hydrogen-bond donors (Lipinski definition) is 1. The Balaban J connectivity index is 1.71. The van der Waals surface area contributed by atoms with Gasteiger partial charge < -0.3 is 19.7 Å². The average molecular weight is 462 g/mol. The second-order valence-corrected chi connectivity index (χ2v) is 10.1. The van der Waals surface area contributed by atoms with Crippen molar-refractivity contribution in [2.75, 3.05) is 13.2 Å². The summed E-state index contributed by atoms with van der Waals surface area (Å²) < 4.78 is 51.5. The summed E-state index contributed by atoms with van der Waals surface area (Å²) >= 11 is 0. The first-order chi connectivity index (χ1) is 15.5. The maximum Gasteiger partial charge on any atom is 0.416 e. The Hall–Kier alpha value is -2.00. The SMILES string of the molecule is CC1(C)Cc2nc(CO)c3c(c2C([O-])C1)C1(CCOCC1)O[C@@H]3c1ccc(C(F)(F)F)cc1. The van der Waals surface area contributed by atoms with E-state index in [-0.39, 0.29) is 12.0 Å². The van der Waals surface area contributed by atoms with Gasteiger partial charge in [-0.25, -0.2) is 0 Å². The van der Waals surface area contributed by atoms with Gasteiger partial charge in [0.2, 0.25) is 0 Å². The zero-order valence-electron chi connectivity index (χ0n) is 18.7. The van der Waals surface area contributed by atoms with E-state index in [0.29, 0.717) is 67.0 Å². The first-order valence-corrected chi connectivity index (χ1v) is 11.3. The highest BCUT2D eigenvalue weighted by molar-refractivity contribution is 5.53. The molecule has 3 heterocycles. The molecule has 3 aliphatic rings. The third kappa shape index (κ3) is 3.77. The van der Waals surface area contributed by atoms with Crippen LogP contribution in [0.2, 0.25) is 0 Å². The zero-order valence-corrected chi connectivity index (χ0v) is 18.7. The van der Waals surface area contributed by atoms with Crippen molar-refractivity contribution in [3.05, 3.63) is 63.5 Å². The maximum absolute atomic E-state index is 13.5. The number of benzene rings is 1. The quantitative estimate of drug-likeness (QED) is 0.728. The van der Waals surface area contributed by atoms with E-state index in [4.69, 9.17) is 14.5 Å². The molecule has 1 unspecified atom stereocenters. The van der Waals surface area contributed by atoms with Crippen LogP contribution in [0.1, 0.15) is 84.5 Å². The molecule has 0 radical (unpaired) electrons. The van der Waals surface area contributed by atoms with Crippen LogP contribution >= 0.6 is 0 Å². The Morgan fingerprint density at radius 1 is 1.12 bits per heavy atom. The van der Waals surface area contributed by atoms with E-state index in [1.165, 1.54) is 12.1 Å². The van der Waals surface area contributed by atoms with Gasteiger partial charge >= 0.3 is 6.18 Å². The van der Waals surface area contributed by atoms with Crippen molar-refractivity contribution in [1.82, 2.24) is 4.98 Å². The molecule has 5 rings (SSSR count). The number of fused-ring (bicyclic) bond motifs is 4. The normalized spacial score (nSPS) is 25.7. The molecule has 1 fully saturated rings. The van der Waals surface area contributed by atoms with Crippen molar-refractivity contribution in [3.8, 4) is 0 Å². The third-order valence-electron chi connectivity index (χ3n) is 7.19. The van der Waals surface area contributed by atoms with Gasteiger partial charge in [-0.2, -0.15) is 13.2 Å². The molecule has 178 valence electrons. The second-order valence-electron chi connectivity index (χ2n) is 10.1. The summed E-state index contributed by atoms with van der Waals surface area (Å²) in [7, 11) is 0. The van der Waals surface area contributed by atoms with Crippen LogP contribution in [0, 0.1) is 5.41 Å². The van der Waals surface area contributed by atoms with Crippen molar-refractivity contribution < 1.29 is 32.9 Å². The lowest BCUT2D eigenvalue weighted by atomic mass is 9.70. The minimum atomic E-state index is -4.44. The number of pyridine rings is 1. The minimum absolute atomic E-state index is 0.206. The van der Waals surface area contributed by atoms with Crippen LogP contribution in [0.15, 0.2) is 24.3 Å². The van der Waals surface area contributed by atoms with Crippen LogP contribution in [-0.2, 0) is 34.3 Å². The van der Waals surface area contributed by atoms with E-state index in [2.05, 4.69) is 0 Å². The molecule has 0 amide bonds. The van der Waals surface area contributed by atoms with Gasteiger partial charge in [0.15, 0.2) is 0 Å². The topological polar surface area (TPSA) is 74.6 Å². The van der Waals surface area contributed by atoms with E-state index in [1.807, 2.05) is 13.8 Å². The first-order valence-electron chi connectivity index (χ1n) is 11.3. The number of aliphatic hydroxyl groups is 1. The Bertz CT molecular complexity index is 1060. The number of aliphatic hydroxyl groups excluding tert-OH is 1. The largest absolute Gasteiger partial charge is 0.848 e. The molecule has 1 N–H and O–H groups in total. The fraction of sp³-hybridized carbons (Fsp3) is 0.560. The molecule has 8 heteroatoms. The first kappa shape index (κ1) is 22.8. The Morgan fingerprint density at radius 3 is 2.39 bits per heavy atom. The zero-order chi connectivity index (χ0) is 23.6. The molecule has 1 aliphatic carbocycles. The van der Waals surface area contributed by atoms with Gasteiger partial charge in [-0.3, -0.25) is 4.98 Å². The number of rotatable bonds is 2. The molecule has 1 aromatic carbocycles. The number of hydrogen-bond acceptors (Lipinski definition) is 5. The summed E-state index contributed by atoms with van der Waals surface area (Å²) in [5.41, 5.74) is 2.04. The fourth-order valence-corrected chi connectivity index (χ4v) is 5.72. The van der Waals surface area contributed by atoms with Gasteiger partial charge in [0.05, 0.1) is 23.5 Å². The Kier molecular flexibility index (Phi) is 5.36. The van der Waals surface area contributed by atoms with E-state index < -0.39 is 29.5 Å². The third-order valence-corrected chi connectivity index (χ3v) is 7.19. The summed E-state index contributed by atoms with van der Waals surface area (Å²) in [5.74, 6) is 0. The van der Waals surface area contributed by atoms with Gasteiger partial charge in [0.1, 0.15) is 6.10 Å². The van der Waals surface area contributed by atoms with Crippen molar-refractivity contribution in [2.45, 2.75) is 70.1 Å². The second kappa shape index (κ2) is 7.77. The summed E-state index contributed by atoms with van der Waals surface area (Å²) in [6, 6.07) is 4.90. The van der Waals surface area contributed by atoms with E-state index in [9.17, 15) is 23.4 Å². The molecule has 1 saturated heterocycles. The van der Waals surface area contributed by atoms with Crippen molar-refractivity contribution in [1.29, 1.82) is 0 Å². The predicted molar refractivity (Wildman–Crippen MR) is 111 cm³/mol. The number of aromatic nitrogens is 1. The highest BCUT2D eigenvalue weighted by atomic mass is 19.4. The Morgan fingerprint density at radius 2 is 1.79 bits per heavy atom. The van der Waals surface area contributed by atoms with Crippen molar-refractivity contribution in [3.63, 3.8) is 0 Å². The molecule has 0 saturated carbocycles. The van der Waals surface area contributed by atoms with Crippen LogP contribution in [0.5, 0.6) is 0 Å². The maximum atomic E-state index is 13.5. The number of nitrogens with zero attached hydrogens (tertiary/aromatic N) is 1. The smallest absolute Gasteiger partial charge is 0.416 e. The van der Waals surface area contributed by atoms with Crippen LogP contribution in [0.25, 0.3) is 0 Å². The molecule has 5 nitrogen and oxygen atoms in total.